The number of carbonyl (C=O) groups excluding carboxylic acids is 2. The van der Waals surface area contributed by atoms with Crippen LogP contribution < -0.4 is 5.32 Å². The molecule has 0 bridgehead atoms. The number of nitrogens with one attached hydrogen (secondary N) is 1. The Kier molecular flexibility index (Phi) is 4.21. The highest BCUT2D eigenvalue weighted by Crippen LogP contribution is 2.54. The molecule has 1 N–H and O–H groups in total. The van der Waals surface area contributed by atoms with Crippen LogP contribution in [0.1, 0.15) is 19.4 Å². The van der Waals surface area contributed by atoms with Crippen molar-refractivity contribution in [2.45, 2.75) is 39.8 Å². The lowest BCUT2D eigenvalue weighted by molar-refractivity contribution is -0.149. The zero-order chi connectivity index (χ0) is 17.0. The molecule has 0 radical (unpaired) electrons. The van der Waals surface area contributed by atoms with Gasteiger partial charge >= 0.3 is 0 Å². The molecule has 1 aromatic carbocycles. The Morgan fingerprint density at radius 2 is 1.91 bits per heavy atom. The SMILES string of the molecule is CC1(C)[C@H](C(=O)NCc2ccccc2)N2C(=O)C(Br)(Br)[C@H]2[S@@]1=O. The van der Waals surface area contributed by atoms with Crippen molar-refractivity contribution in [3.63, 3.8) is 0 Å². The van der Waals surface area contributed by atoms with Crippen molar-refractivity contribution in [1.29, 1.82) is 0 Å². The summed E-state index contributed by atoms with van der Waals surface area (Å²) in [4.78, 5) is 26.4. The molecule has 0 aliphatic carbocycles. The number of nitrogens with zero attached hydrogens (tertiary/aromatic N) is 1. The number of hydrogen-bond donors (Lipinski definition) is 1. The van der Waals surface area contributed by atoms with E-state index in [9.17, 15) is 13.8 Å². The van der Waals surface area contributed by atoms with Crippen molar-refractivity contribution in [3.05, 3.63) is 35.9 Å². The molecule has 23 heavy (non-hydrogen) atoms. The predicted molar refractivity (Wildman–Crippen MR) is 95.5 cm³/mol. The first kappa shape index (κ1) is 17.1. The van der Waals surface area contributed by atoms with Crippen LogP contribution in [0.4, 0.5) is 0 Å². The van der Waals surface area contributed by atoms with Crippen LogP contribution in [-0.4, -0.2) is 40.3 Å². The fourth-order valence-corrected chi connectivity index (χ4v) is 6.72. The molecular weight excluding hydrogens is 448 g/mol. The lowest BCUT2D eigenvalue weighted by atomic mass is 9.97. The largest absolute Gasteiger partial charge is 0.350 e. The van der Waals surface area contributed by atoms with Gasteiger partial charge in [-0.25, -0.2) is 0 Å². The Morgan fingerprint density at radius 1 is 1.30 bits per heavy atom. The van der Waals surface area contributed by atoms with Gasteiger partial charge in [-0.3, -0.25) is 13.8 Å². The first-order valence-electron chi connectivity index (χ1n) is 7.12. The number of halogens is 2. The Hall–Kier alpha value is -0.730. The molecule has 2 heterocycles. The second kappa shape index (κ2) is 5.67. The van der Waals surface area contributed by atoms with E-state index in [0.717, 1.165) is 5.56 Å². The van der Waals surface area contributed by atoms with Crippen LogP contribution in [0, 0.1) is 0 Å². The van der Waals surface area contributed by atoms with Gasteiger partial charge in [-0.05, 0) is 19.4 Å². The standard InChI is InChI=1S/C15H16Br2N2O3S/c1-14(2)10(11(20)18-8-9-6-4-3-5-7-9)19-12(21)15(16,17)13(19)23(14)22/h3-7,10,13H,8H2,1-2H3,(H,18,20)/t10-,13+,23-/m0/s1. The van der Waals surface area contributed by atoms with Gasteiger partial charge in [0.2, 0.25) is 5.91 Å². The summed E-state index contributed by atoms with van der Waals surface area (Å²) in [6.45, 7) is 3.90. The van der Waals surface area contributed by atoms with Gasteiger partial charge in [-0.2, -0.15) is 0 Å². The van der Waals surface area contributed by atoms with E-state index >= 15 is 0 Å². The maximum Gasteiger partial charge on any atom is 0.255 e. The van der Waals surface area contributed by atoms with E-state index in [-0.39, 0.29) is 11.8 Å². The number of rotatable bonds is 3. The third-order valence-electron chi connectivity index (χ3n) is 4.30. The van der Waals surface area contributed by atoms with Crippen LogP contribution in [0.3, 0.4) is 0 Å². The average molecular weight is 464 g/mol. The van der Waals surface area contributed by atoms with E-state index in [1.165, 1.54) is 4.90 Å². The lowest BCUT2D eigenvalue weighted by Gasteiger charge is -2.46. The second-order valence-corrected chi connectivity index (χ2v) is 11.9. The second-order valence-electron chi connectivity index (χ2n) is 6.19. The number of benzene rings is 1. The first-order chi connectivity index (χ1) is 10.7. The van der Waals surface area contributed by atoms with Gasteiger partial charge in [-0.15, -0.1) is 0 Å². The maximum atomic E-state index is 12.7. The fraction of sp³-hybridized carbons (Fsp3) is 0.467. The van der Waals surface area contributed by atoms with Crippen LogP contribution in [0.15, 0.2) is 30.3 Å². The van der Waals surface area contributed by atoms with Gasteiger partial charge in [0.25, 0.3) is 5.91 Å². The molecule has 2 saturated heterocycles. The molecule has 2 amide bonds. The van der Waals surface area contributed by atoms with Crippen molar-refractivity contribution in [2.24, 2.45) is 0 Å². The third kappa shape index (κ3) is 2.49. The minimum Gasteiger partial charge on any atom is -0.350 e. The topological polar surface area (TPSA) is 66.5 Å². The van der Waals surface area contributed by atoms with E-state index in [2.05, 4.69) is 37.2 Å². The molecule has 0 spiro atoms. The Bertz CT molecular complexity index is 693. The summed E-state index contributed by atoms with van der Waals surface area (Å²) in [7, 11) is -1.36. The number of carbonyl (C=O) groups is 2. The Labute approximate surface area is 153 Å². The van der Waals surface area contributed by atoms with E-state index in [4.69, 9.17) is 0 Å². The molecule has 5 nitrogen and oxygen atoms in total. The molecule has 2 aliphatic heterocycles. The number of alkyl halides is 2. The quantitative estimate of drug-likeness (QED) is 0.549. The van der Waals surface area contributed by atoms with Gasteiger partial charge in [0.1, 0.15) is 11.4 Å². The van der Waals surface area contributed by atoms with E-state index in [1.807, 2.05) is 30.3 Å². The zero-order valence-electron chi connectivity index (χ0n) is 12.6. The molecule has 2 aliphatic rings. The monoisotopic (exact) mass is 462 g/mol. The number of hydrogen-bond acceptors (Lipinski definition) is 3. The minimum absolute atomic E-state index is 0.263. The Morgan fingerprint density at radius 3 is 2.52 bits per heavy atom. The van der Waals surface area contributed by atoms with Crippen LogP contribution in [-0.2, 0) is 26.9 Å². The smallest absolute Gasteiger partial charge is 0.255 e. The molecule has 0 saturated carbocycles. The van der Waals surface area contributed by atoms with Crippen LogP contribution >= 0.6 is 31.9 Å². The normalized spacial score (nSPS) is 30.5. The number of β-lactam (4-membered cyclic amide) rings is 1. The third-order valence-corrected chi connectivity index (χ3v) is 8.70. The number of fused-ring (bicyclic) bond motifs is 1. The summed E-state index contributed by atoms with van der Waals surface area (Å²) in [5.41, 5.74) is 0.972. The van der Waals surface area contributed by atoms with Gasteiger partial charge in [0, 0.05) is 6.54 Å². The minimum atomic E-state index is -1.36. The summed E-state index contributed by atoms with van der Waals surface area (Å²) in [6, 6.07) is 8.79. The molecule has 8 heteroatoms. The Balaban J connectivity index is 1.80. The predicted octanol–water partition coefficient (Wildman–Crippen LogP) is 1.87. The van der Waals surface area contributed by atoms with Crippen molar-refractivity contribution in [3.8, 4) is 0 Å². The molecule has 124 valence electrons. The van der Waals surface area contributed by atoms with Crippen molar-refractivity contribution >= 4 is 54.5 Å². The van der Waals surface area contributed by atoms with Gasteiger partial charge in [0.05, 0.1) is 15.5 Å². The summed E-state index contributed by atoms with van der Waals surface area (Å²) < 4.78 is 10.9. The molecule has 2 fully saturated rings. The molecule has 3 rings (SSSR count). The van der Waals surface area contributed by atoms with Crippen molar-refractivity contribution in [2.75, 3.05) is 0 Å². The highest BCUT2D eigenvalue weighted by Gasteiger charge is 2.73. The van der Waals surface area contributed by atoms with Gasteiger partial charge in [-0.1, -0.05) is 62.2 Å². The van der Waals surface area contributed by atoms with Crippen molar-refractivity contribution < 1.29 is 13.8 Å². The van der Waals surface area contributed by atoms with E-state index in [1.54, 1.807) is 13.8 Å². The summed E-state index contributed by atoms with van der Waals surface area (Å²) in [6.07, 6.45) is 0. The molecular formula is C15H16Br2N2O3S. The molecule has 0 aromatic heterocycles. The van der Waals surface area contributed by atoms with Gasteiger partial charge < -0.3 is 10.2 Å². The van der Waals surface area contributed by atoms with Gasteiger partial charge in [0.15, 0.2) is 3.23 Å². The average Bonchev–Trinajstić information content (AvgIpc) is 2.71. The van der Waals surface area contributed by atoms with Crippen LogP contribution in [0.2, 0.25) is 0 Å². The molecule has 1 aromatic rings. The zero-order valence-corrected chi connectivity index (χ0v) is 16.6. The van der Waals surface area contributed by atoms with E-state index < -0.39 is 30.2 Å². The highest BCUT2D eigenvalue weighted by molar-refractivity contribution is 9.26. The number of amides is 2. The maximum absolute atomic E-state index is 12.7. The van der Waals surface area contributed by atoms with Crippen LogP contribution in [0.5, 0.6) is 0 Å². The summed E-state index contributed by atoms with van der Waals surface area (Å²) in [5, 5.41) is 2.31. The van der Waals surface area contributed by atoms with E-state index in [0.29, 0.717) is 6.54 Å². The molecule has 3 atom stereocenters. The molecule has 0 unspecified atom stereocenters. The lowest BCUT2D eigenvalue weighted by Crippen LogP contribution is -2.69. The highest BCUT2D eigenvalue weighted by atomic mass is 79.9. The first-order valence-corrected chi connectivity index (χ1v) is 9.92. The summed E-state index contributed by atoms with van der Waals surface area (Å²) >= 11 is 6.56. The van der Waals surface area contributed by atoms with Crippen molar-refractivity contribution in [1.82, 2.24) is 10.2 Å². The fourth-order valence-electron chi connectivity index (χ4n) is 3.04. The van der Waals surface area contributed by atoms with Crippen LogP contribution in [0.25, 0.3) is 0 Å². The summed E-state index contributed by atoms with van der Waals surface area (Å²) in [5.74, 6) is -0.542.